The van der Waals surface area contributed by atoms with Gasteiger partial charge in [-0.3, -0.25) is 0 Å². The fraction of sp³-hybridized carbons (Fsp3) is 0.533. The van der Waals surface area contributed by atoms with Crippen LogP contribution < -0.4 is 10.6 Å². The van der Waals surface area contributed by atoms with Gasteiger partial charge in [0.05, 0.1) is 0 Å². The number of aliphatic hydroxyl groups is 1. The van der Waals surface area contributed by atoms with Crippen LogP contribution in [0.1, 0.15) is 32.3 Å². The summed E-state index contributed by atoms with van der Waals surface area (Å²) in [5.41, 5.74) is 0.578. The molecule has 20 heavy (non-hydrogen) atoms. The first-order valence-corrected chi connectivity index (χ1v) is 6.90. The van der Waals surface area contributed by atoms with E-state index in [9.17, 15) is 9.18 Å². The van der Waals surface area contributed by atoms with Gasteiger partial charge in [0, 0.05) is 18.7 Å². The molecule has 0 aromatic heterocycles. The van der Waals surface area contributed by atoms with Crippen molar-refractivity contribution in [1.29, 1.82) is 0 Å². The molecule has 0 radical (unpaired) electrons. The molecule has 0 aliphatic carbocycles. The van der Waals surface area contributed by atoms with Gasteiger partial charge in [-0.25, -0.2) is 9.18 Å². The van der Waals surface area contributed by atoms with Crippen LogP contribution in [0.5, 0.6) is 0 Å². The van der Waals surface area contributed by atoms with E-state index in [0.29, 0.717) is 19.4 Å². The number of urea groups is 1. The molecule has 1 aromatic carbocycles. The van der Waals surface area contributed by atoms with E-state index in [1.807, 2.05) is 13.8 Å². The van der Waals surface area contributed by atoms with E-state index in [1.165, 1.54) is 12.1 Å². The monoisotopic (exact) mass is 282 g/mol. The average Bonchev–Trinajstić information content (AvgIpc) is 2.41. The molecule has 0 fully saturated rings. The minimum Gasteiger partial charge on any atom is -0.396 e. The van der Waals surface area contributed by atoms with E-state index in [4.69, 9.17) is 5.11 Å². The predicted octanol–water partition coefficient (Wildman–Crippen LogP) is 2.22. The van der Waals surface area contributed by atoms with Crippen LogP contribution in [0.2, 0.25) is 0 Å². The Morgan fingerprint density at radius 1 is 1.35 bits per heavy atom. The summed E-state index contributed by atoms with van der Waals surface area (Å²) < 4.78 is 12.7. The summed E-state index contributed by atoms with van der Waals surface area (Å²) in [6, 6.07) is 5.98. The molecule has 0 saturated heterocycles. The van der Waals surface area contributed by atoms with Crippen molar-refractivity contribution >= 4 is 6.03 Å². The lowest BCUT2D eigenvalue weighted by atomic mass is 9.95. The molecule has 0 bridgehead atoms. The summed E-state index contributed by atoms with van der Waals surface area (Å²) in [5.74, 6) is -0.262. The molecule has 112 valence electrons. The Hall–Kier alpha value is -1.62. The quantitative estimate of drug-likeness (QED) is 0.718. The van der Waals surface area contributed by atoms with Crippen molar-refractivity contribution < 1.29 is 14.3 Å². The fourth-order valence-corrected chi connectivity index (χ4v) is 1.86. The van der Waals surface area contributed by atoms with Gasteiger partial charge in [-0.15, -0.1) is 0 Å². The van der Waals surface area contributed by atoms with Crippen molar-refractivity contribution in [1.82, 2.24) is 10.6 Å². The number of halogens is 1. The van der Waals surface area contributed by atoms with Crippen LogP contribution in [0, 0.1) is 5.82 Å². The van der Waals surface area contributed by atoms with Crippen molar-refractivity contribution in [2.24, 2.45) is 0 Å². The van der Waals surface area contributed by atoms with Crippen molar-refractivity contribution in [3.63, 3.8) is 0 Å². The normalized spacial score (nSPS) is 13.6. The molecule has 4 nitrogen and oxygen atoms in total. The summed E-state index contributed by atoms with van der Waals surface area (Å²) >= 11 is 0. The second-order valence-corrected chi connectivity index (χ2v) is 5.15. The van der Waals surface area contributed by atoms with Gasteiger partial charge in [0.15, 0.2) is 0 Å². The molecule has 0 heterocycles. The first-order valence-electron chi connectivity index (χ1n) is 6.90. The largest absolute Gasteiger partial charge is 0.396 e. The van der Waals surface area contributed by atoms with Crippen LogP contribution in [0.25, 0.3) is 0 Å². The zero-order valence-corrected chi connectivity index (χ0v) is 12.1. The highest BCUT2D eigenvalue weighted by molar-refractivity contribution is 5.74. The maximum Gasteiger partial charge on any atom is 0.315 e. The van der Waals surface area contributed by atoms with E-state index in [1.54, 1.807) is 12.1 Å². The summed E-state index contributed by atoms with van der Waals surface area (Å²) in [6.07, 6.45) is 1.92. The molecule has 1 atom stereocenters. The molecule has 1 aromatic rings. The molecule has 0 saturated carbocycles. The number of amides is 2. The summed E-state index contributed by atoms with van der Waals surface area (Å²) in [6.45, 7) is 4.40. The number of carbonyl (C=O) groups excluding carboxylic acids is 1. The second-order valence-electron chi connectivity index (χ2n) is 5.15. The lowest BCUT2D eigenvalue weighted by Gasteiger charge is -2.29. The number of hydrogen-bond donors (Lipinski definition) is 3. The molecular weight excluding hydrogens is 259 g/mol. The molecule has 2 amide bonds. The van der Waals surface area contributed by atoms with Crippen LogP contribution in [-0.4, -0.2) is 29.8 Å². The number of rotatable bonds is 7. The Balaban J connectivity index is 2.34. The molecule has 0 aliphatic heterocycles. The smallest absolute Gasteiger partial charge is 0.315 e. The third-order valence-electron chi connectivity index (χ3n) is 3.47. The minimum absolute atomic E-state index is 0.0419. The Morgan fingerprint density at radius 3 is 2.55 bits per heavy atom. The van der Waals surface area contributed by atoms with Crippen LogP contribution in [-0.2, 0) is 6.42 Å². The number of nitrogens with one attached hydrogen (secondary N) is 2. The zero-order valence-electron chi connectivity index (χ0n) is 12.1. The molecule has 1 unspecified atom stereocenters. The Kier molecular flexibility index (Phi) is 6.45. The molecule has 0 aliphatic rings. The zero-order chi connectivity index (χ0) is 15.0. The van der Waals surface area contributed by atoms with Gasteiger partial charge >= 0.3 is 6.03 Å². The van der Waals surface area contributed by atoms with Crippen LogP contribution in [0.3, 0.4) is 0 Å². The molecule has 3 N–H and O–H groups in total. The van der Waals surface area contributed by atoms with E-state index in [-0.39, 0.29) is 18.5 Å². The lowest BCUT2D eigenvalue weighted by Crippen LogP contribution is -2.50. The second kappa shape index (κ2) is 7.85. The minimum atomic E-state index is -0.394. The third kappa shape index (κ3) is 5.57. The number of hydrogen-bond acceptors (Lipinski definition) is 2. The highest BCUT2D eigenvalue weighted by Crippen LogP contribution is 2.13. The Bertz CT molecular complexity index is 422. The summed E-state index contributed by atoms with van der Waals surface area (Å²) in [5, 5.41) is 14.6. The maximum absolute atomic E-state index is 12.7. The SMILES string of the molecule is CCC(C)(CCO)NC(=O)NCCc1ccc(F)cc1. The molecule has 5 heteroatoms. The van der Waals surface area contributed by atoms with Crippen LogP contribution >= 0.6 is 0 Å². The highest BCUT2D eigenvalue weighted by atomic mass is 19.1. The standard InChI is InChI=1S/C15H23FN2O2/c1-3-15(2,9-11-19)18-14(20)17-10-8-12-4-6-13(16)7-5-12/h4-7,19H,3,8-11H2,1-2H3,(H2,17,18,20). The van der Waals surface area contributed by atoms with Crippen LogP contribution in [0.4, 0.5) is 9.18 Å². The topological polar surface area (TPSA) is 61.4 Å². The lowest BCUT2D eigenvalue weighted by molar-refractivity contribution is 0.201. The Labute approximate surface area is 119 Å². The third-order valence-corrected chi connectivity index (χ3v) is 3.47. The van der Waals surface area contributed by atoms with Gasteiger partial charge in [-0.1, -0.05) is 19.1 Å². The van der Waals surface area contributed by atoms with Crippen molar-refractivity contribution in [3.8, 4) is 0 Å². The van der Waals surface area contributed by atoms with E-state index < -0.39 is 5.54 Å². The van der Waals surface area contributed by atoms with E-state index in [0.717, 1.165) is 12.0 Å². The molecular formula is C15H23FN2O2. The van der Waals surface area contributed by atoms with E-state index >= 15 is 0 Å². The van der Waals surface area contributed by atoms with Gasteiger partial charge in [-0.05, 0) is 43.9 Å². The van der Waals surface area contributed by atoms with Crippen molar-refractivity contribution in [3.05, 3.63) is 35.6 Å². The van der Waals surface area contributed by atoms with Crippen molar-refractivity contribution in [2.75, 3.05) is 13.2 Å². The number of aliphatic hydroxyl groups excluding tert-OH is 1. The van der Waals surface area contributed by atoms with Crippen LogP contribution in [0.15, 0.2) is 24.3 Å². The average molecular weight is 282 g/mol. The number of benzene rings is 1. The predicted molar refractivity (Wildman–Crippen MR) is 77.0 cm³/mol. The summed E-state index contributed by atoms with van der Waals surface area (Å²) in [7, 11) is 0. The molecule has 0 spiro atoms. The first kappa shape index (κ1) is 16.4. The number of carbonyl (C=O) groups is 1. The van der Waals surface area contributed by atoms with Gasteiger partial charge in [-0.2, -0.15) is 0 Å². The van der Waals surface area contributed by atoms with Gasteiger partial charge < -0.3 is 15.7 Å². The maximum atomic E-state index is 12.7. The highest BCUT2D eigenvalue weighted by Gasteiger charge is 2.23. The Morgan fingerprint density at radius 2 is 2.00 bits per heavy atom. The van der Waals surface area contributed by atoms with Gasteiger partial charge in [0.1, 0.15) is 5.82 Å². The van der Waals surface area contributed by atoms with Crippen molar-refractivity contribution in [2.45, 2.75) is 38.6 Å². The first-order chi connectivity index (χ1) is 9.49. The van der Waals surface area contributed by atoms with Gasteiger partial charge in [0.25, 0.3) is 0 Å². The fourth-order valence-electron chi connectivity index (χ4n) is 1.86. The van der Waals surface area contributed by atoms with Gasteiger partial charge in [0.2, 0.25) is 0 Å². The van der Waals surface area contributed by atoms with E-state index in [2.05, 4.69) is 10.6 Å². The molecule has 1 rings (SSSR count). The summed E-state index contributed by atoms with van der Waals surface area (Å²) in [4.78, 5) is 11.8.